The Morgan fingerprint density at radius 1 is 1.44 bits per heavy atom. The molecule has 0 saturated heterocycles. The molecule has 0 bridgehead atoms. The van der Waals surface area contributed by atoms with E-state index in [9.17, 15) is 0 Å². The zero-order chi connectivity index (χ0) is 11.5. The van der Waals surface area contributed by atoms with Crippen LogP contribution in [0.4, 0.5) is 0 Å². The van der Waals surface area contributed by atoms with Gasteiger partial charge in [-0.05, 0) is 24.8 Å². The van der Waals surface area contributed by atoms with Crippen molar-refractivity contribution in [3.05, 3.63) is 23.8 Å². The molecule has 16 heavy (non-hydrogen) atoms. The maximum Gasteiger partial charge on any atom is 0.133 e. The summed E-state index contributed by atoms with van der Waals surface area (Å²) in [5, 5.41) is 0. The molecule has 0 radical (unpaired) electrons. The molecule has 1 saturated carbocycles. The standard InChI is InChI=1S/C13H21N3/c1-9(2)11(8-14)13-15-7-6-12(16-13)10-4-3-5-10/h6-7,9-11H,3-5,8,14H2,1-2H3. The Balaban J connectivity index is 2.19. The van der Waals surface area contributed by atoms with Crippen molar-refractivity contribution < 1.29 is 0 Å². The fourth-order valence-electron chi connectivity index (χ4n) is 2.17. The molecule has 3 nitrogen and oxygen atoms in total. The van der Waals surface area contributed by atoms with E-state index in [1.807, 2.05) is 6.20 Å². The van der Waals surface area contributed by atoms with Crippen molar-refractivity contribution >= 4 is 0 Å². The Morgan fingerprint density at radius 3 is 2.69 bits per heavy atom. The van der Waals surface area contributed by atoms with Crippen LogP contribution in [0.2, 0.25) is 0 Å². The predicted molar refractivity (Wildman–Crippen MR) is 65.3 cm³/mol. The van der Waals surface area contributed by atoms with Crippen LogP contribution in [0.5, 0.6) is 0 Å². The summed E-state index contributed by atoms with van der Waals surface area (Å²) in [7, 11) is 0. The van der Waals surface area contributed by atoms with Gasteiger partial charge in [0.2, 0.25) is 0 Å². The normalized spacial score (nSPS) is 18.5. The van der Waals surface area contributed by atoms with Gasteiger partial charge in [0.05, 0.1) is 0 Å². The fraction of sp³-hybridized carbons (Fsp3) is 0.692. The minimum Gasteiger partial charge on any atom is -0.330 e. The second-order valence-electron chi connectivity index (χ2n) is 5.05. The van der Waals surface area contributed by atoms with Gasteiger partial charge in [0.15, 0.2) is 0 Å². The van der Waals surface area contributed by atoms with Gasteiger partial charge in [0.1, 0.15) is 5.82 Å². The Hall–Kier alpha value is -0.960. The highest BCUT2D eigenvalue weighted by molar-refractivity contribution is 5.13. The number of nitrogens with two attached hydrogens (primary N) is 1. The zero-order valence-corrected chi connectivity index (χ0v) is 10.2. The molecule has 2 rings (SSSR count). The van der Waals surface area contributed by atoms with E-state index in [-0.39, 0.29) is 0 Å². The van der Waals surface area contributed by atoms with E-state index in [4.69, 9.17) is 10.7 Å². The summed E-state index contributed by atoms with van der Waals surface area (Å²) < 4.78 is 0. The number of aromatic nitrogens is 2. The predicted octanol–water partition coefficient (Wildman–Crippen LogP) is 2.44. The molecule has 1 fully saturated rings. The lowest BCUT2D eigenvalue weighted by atomic mass is 9.82. The van der Waals surface area contributed by atoms with Gasteiger partial charge in [-0.3, -0.25) is 0 Å². The van der Waals surface area contributed by atoms with Gasteiger partial charge >= 0.3 is 0 Å². The molecule has 1 unspecified atom stereocenters. The molecule has 0 amide bonds. The van der Waals surface area contributed by atoms with Gasteiger partial charge in [-0.25, -0.2) is 9.97 Å². The van der Waals surface area contributed by atoms with E-state index in [0.717, 1.165) is 5.82 Å². The SMILES string of the molecule is CC(C)C(CN)c1nccc(C2CCC2)n1. The first-order valence-electron chi connectivity index (χ1n) is 6.25. The number of rotatable bonds is 4. The molecule has 1 aromatic rings. The average Bonchev–Trinajstić information content (AvgIpc) is 2.16. The minimum atomic E-state index is 0.292. The maximum atomic E-state index is 5.80. The molecule has 0 aromatic carbocycles. The first-order chi connectivity index (χ1) is 7.72. The largest absolute Gasteiger partial charge is 0.330 e. The molecular formula is C13H21N3. The summed E-state index contributed by atoms with van der Waals surface area (Å²) in [6.45, 7) is 4.99. The molecule has 0 aliphatic heterocycles. The molecule has 1 aromatic heterocycles. The first kappa shape index (κ1) is 11.5. The van der Waals surface area contributed by atoms with Crippen molar-refractivity contribution in [1.82, 2.24) is 9.97 Å². The summed E-state index contributed by atoms with van der Waals surface area (Å²) in [6.07, 6.45) is 5.80. The van der Waals surface area contributed by atoms with Crippen molar-refractivity contribution in [2.75, 3.05) is 6.54 Å². The van der Waals surface area contributed by atoms with Crippen LogP contribution in [-0.4, -0.2) is 16.5 Å². The highest BCUT2D eigenvalue weighted by Gasteiger charge is 2.23. The Morgan fingerprint density at radius 2 is 2.19 bits per heavy atom. The Kier molecular flexibility index (Phi) is 3.54. The van der Waals surface area contributed by atoms with Crippen LogP contribution in [-0.2, 0) is 0 Å². The summed E-state index contributed by atoms with van der Waals surface area (Å²) in [5.41, 5.74) is 7.02. The van der Waals surface area contributed by atoms with Gasteiger partial charge in [-0.2, -0.15) is 0 Å². The van der Waals surface area contributed by atoms with Crippen LogP contribution >= 0.6 is 0 Å². The molecule has 1 atom stereocenters. The van der Waals surface area contributed by atoms with Crippen molar-refractivity contribution in [1.29, 1.82) is 0 Å². The van der Waals surface area contributed by atoms with Crippen LogP contribution in [0.1, 0.15) is 56.5 Å². The monoisotopic (exact) mass is 219 g/mol. The van der Waals surface area contributed by atoms with Crippen molar-refractivity contribution in [3.63, 3.8) is 0 Å². The minimum absolute atomic E-state index is 0.292. The lowest BCUT2D eigenvalue weighted by Crippen LogP contribution is -2.21. The Bertz CT molecular complexity index is 345. The molecule has 3 heteroatoms. The van der Waals surface area contributed by atoms with Gasteiger partial charge < -0.3 is 5.73 Å². The maximum absolute atomic E-state index is 5.80. The van der Waals surface area contributed by atoms with E-state index < -0.39 is 0 Å². The van der Waals surface area contributed by atoms with Crippen LogP contribution in [0.3, 0.4) is 0 Å². The van der Waals surface area contributed by atoms with Crippen LogP contribution in [0.25, 0.3) is 0 Å². The third-order valence-corrected chi connectivity index (χ3v) is 3.61. The molecular weight excluding hydrogens is 198 g/mol. The summed E-state index contributed by atoms with van der Waals surface area (Å²) in [6, 6.07) is 2.06. The smallest absolute Gasteiger partial charge is 0.133 e. The van der Waals surface area contributed by atoms with Crippen LogP contribution < -0.4 is 5.73 Å². The number of hydrogen-bond acceptors (Lipinski definition) is 3. The van der Waals surface area contributed by atoms with Crippen LogP contribution in [0.15, 0.2) is 12.3 Å². The summed E-state index contributed by atoms with van der Waals surface area (Å²) in [4.78, 5) is 9.08. The van der Waals surface area contributed by atoms with E-state index in [2.05, 4.69) is 24.9 Å². The van der Waals surface area contributed by atoms with Gasteiger partial charge in [-0.15, -0.1) is 0 Å². The summed E-state index contributed by atoms with van der Waals surface area (Å²) in [5.74, 6) is 2.40. The third kappa shape index (κ3) is 2.24. The first-order valence-corrected chi connectivity index (χ1v) is 6.25. The summed E-state index contributed by atoms with van der Waals surface area (Å²) >= 11 is 0. The highest BCUT2D eigenvalue weighted by atomic mass is 14.9. The van der Waals surface area contributed by atoms with E-state index >= 15 is 0 Å². The van der Waals surface area contributed by atoms with Gasteiger partial charge in [0.25, 0.3) is 0 Å². The lowest BCUT2D eigenvalue weighted by molar-refractivity contribution is 0.405. The quantitative estimate of drug-likeness (QED) is 0.846. The Labute approximate surface area is 97.5 Å². The molecule has 1 aliphatic carbocycles. The van der Waals surface area contributed by atoms with E-state index in [1.54, 1.807) is 0 Å². The molecule has 0 spiro atoms. The van der Waals surface area contributed by atoms with Crippen molar-refractivity contribution in [2.24, 2.45) is 11.7 Å². The molecule has 2 N–H and O–H groups in total. The van der Waals surface area contributed by atoms with Gasteiger partial charge in [0, 0.05) is 30.3 Å². The lowest BCUT2D eigenvalue weighted by Gasteiger charge is -2.26. The number of nitrogens with zero attached hydrogens (tertiary/aromatic N) is 2. The van der Waals surface area contributed by atoms with E-state index in [0.29, 0.717) is 24.3 Å². The third-order valence-electron chi connectivity index (χ3n) is 3.61. The molecule has 1 heterocycles. The van der Waals surface area contributed by atoms with E-state index in [1.165, 1.54) is 25.0 Å². The zero-order valence-electron chi connectivity index (χ0n) is 10.2. The van der Waals surface area contributed by atoms with Gasteiger partial charge in [-0.1, -0.05) is 20.3 Å². The molecule has 1 aliphatic rings. The fourth-order valence-corrected chi connectivity index (χ4v) is 2.17. The van der Waals surface area contributed by atoms with Crippen LogP contribution in [0, 0.1) is 5.92 Å². The average molecular weight is 219 g/mol. The number of hydrogen-bond donors (Lipinski definition) is 1. The molecule has 88 valence electrons. The second-order valence-corrected chi connectivity index (χ2v) is 5.05. The topological polar surface area (TPSA) is 51.8 Å². The highest BCUT2D eigenvalue weighted by Crippen LogP contribution is 2.35. The van der Waals surface area contributed by atoms with Crippen molar-refractivity contribution in [3.8, 4) is 0 Å². The van der Waals surface area contributed by atoms with Crippen molar-refractivity contribution in [2.45, 2.75) is 44.9 Å². The second kappa shape index (κ2) is 4.91.